The molecular formula is C19H16ClF3N2O2. The van der Waals surface area contributed by atoms with E-state index in [9.17, 15) is 22.8 Å². The molecule has 2 N–H and O–H groups in total. The lowest BCUT2D eigenvalue weighted by molar-refractivity contribution is -0.137. The zero-order valence-corrected chi connectivity index (χ0v) is 15.0. The molecule has 2 aromatic carbocycles. The molecule has 3 rings (SSSR count). The summed E-state index contributed by atoms with van der Waals surface area (Å²) in [5, 5.41) is 4.67. The first kappa shape index (κ1) is 19.2. The maximum Gasteiger partial charge on any atom is 0.417 e. The highest BCUT2D eigenvalue weighted by atomic mass is 35.5. The fraction of sp³-hybridized carbons (Fsp3) is 0.263. The van der Waals surface area contributed by atoms with Gasteiger partial charge in [0.05, 0.1) is 10.6 Å². The molecule has 0 aliphatic heterocycles. The predicted octanol–water partition coefficient (Wildman–Crippen LogP) is 5.02. The lowest BCUT2D eigenvalue weighted by Crippen LogP contribution is -2.35. The lowest BCUT2D eigenvalue weighted by atomic mass is 10.0. The fourth-order valence-corrected chi connectivity index (χ4v) is 2.93. The Labute approximate surface area is 158 Å². The molecule has 1 fully saturated rings. The Bertz CT molecular complexity index is 908. The maximum atomic E-state index is 13.0. The summed E-state index contributed by atoms with van der Waals surface area (Å²) in [6.45, 7) is 1.82. The van der Waals surface area contributed by atoms with E-state index in [-0.39, 0.29) is 5.69 Å². The highest BCUT2D eigenvalue weighted by Crippen LogP contribution is 2.48. The second kappa shape index (κ2) is 6.88. The number of amides is 2. The van der Waals surface area contributed by atoms with Crippen molar-refractivity contribution < 1.29 is 22.8 Å². The van der Waals surface area contributed by atoms with E-state index in [4.69, 9.17) is 11.6 Å². The Kier molecular flexibility index (Phi) is 4.90. The van der Waals surface area contributed by atoms with E-state index >= 15 is 0 Å². The van der Waals surface area contributed by atoms with Gasteiger partial charge in [-0.05, 0) is 49.6 Å². The third kappa shape index (κ3) is 3.93. The molecule has 142 valence electrons. The van der Waals surface area contributed by atoms with Crippen LogP contribution in [0.5, 0.6) is 0 Å². The minimum absolute atomic E-state index is 0.0632. The SMILES string of the molecule is Cc1ccccc1NC(=O)C1(C(=O)Nc2ccc(Cl)c(C(F)(F)F)c2)CC1. The average molecular weight is 397 g/mol. The molecule has 2 amide bonds. The van der Waals surface area contributed by atoms with Crippen LogP contribution in [0.15, 0.2) is 42.5 Å². The minimum atomic E-state index is -4.64. The van der Waals surface area contributed by atoms with Crippen LogP contribution in [0.3, 0.4) is 0 Å². The molecule has 0 aromatic heterocycles. The van der Waals surface area contributed by atoms with Crippen molar-refractivity contribution in [3.05, 3.63) is 58.6 Å². The topological polar surface area (TPSA) is 58.2 Å². The summed E-state index contributed by atoms with van der Waals surface area (Å²) >= 11 is 5.58. The van der Waals surface area contributed by atoms with Crippen LogP contribution >= 0.6 is 11.6 Å². The van der Waals surface area contributed by atoms with Crippen LogP contribution in [0.2, 0.25) is 5.02 Å². The Balaban J connectivity index is 1.76. The second-order valence-corrected chi connectivity index (χ2v) is 6.90. The van der Waals surface area contributed by atoms with E-state index < -0.39 is 34.0 Å². The second-order valence-electron chi connectivity index (χ2n) is 6.50. The van der Waals surface area contributed by atoms with Gasteiger partial charge in [-0.3, -0.25) is 9.59 Å². The van der Waals surface area contributed by atoms with E-state index in [2.05, 4.69) is 10.6 Å². The molecule has 0 unspecified atom stereocenters. The first-order chi connectivity index (χ1) is 12.6. The summed E-state index contributed by atoms with van der Waals surface area (Å²) in [5.74, 6) is -1.11. The summed E-state index contributed by atoms with van der Waals surface area (Å²) in [5.41, 5.74) is -0.954. The molecule has 1 saturated carbocycles. The van der Waals surface area contributed by atoms with Gasteiger partial charge in [0.1, 0.15) is 5.41 Å². The van der Waals surface area contributed by atoms with E-state index in [1.807, 2.05) is 19.1 Å². The summed E-state index contributed by atoms with van der Waals surface area (Å²) in [7, 11) is 0. The van der Waals surface area contributed by atoms with Gasteiger partial charge in [-0.25, -0.2) is 0 Å². The number of para-hydroxylation sites is 1. The van der Waals surface area contributed by atoms with Crippen molar-refractivity contribution in [1.82, 2.24) is 0 Å². The van der Waals surface area contributed by atoms with Gasteiger partial charge in [0, 0.05) is 11.4 Å². The van der Waals surface area contributed by atoms with Crippen molar-refractivity contribution in [3.8, 4) is 0 Å². The molecular weight excluding hydrogens is 381 g/mol. The molecule has 27 heavy (non-hydrogen) atoms. The number of anilines is 2. The first-order valence-corrected chi connectivity index (χ1v) is 8.56. The number of carbonyl (C=O) groups is 2. The molecule has 1 aliphatic rings. The van der Waals surface area contributed by atoms with Crippen LogP contribution in [0.4, 0.5) is 24.5 Å². The van der Waals surface area contributed by atoms with Crippen LogP contribution in [-0.2, 0) is 15.8 Å². The Morgan fingerprint density at radius 3 is 2.26 bits per heavy atom. The number of halogens is 4. The van der Waals surface area contributed by atoms with Crippen molar-refractivity contribution in [1.29, 1.82) is 0 Å². The first-order valence-electron chi connectivity index (χ1n) is 8.19. The summed E-state index contributed by atoms with van der Waals surface area (Å²) in [4.78, 5) is 25.2. The monoisotopic (exact) mass is 396 g/mol. The van der Waals surface area contributed by atoms with Crippen LogP contribution in [0, 0.1) is 12.3 Å². The standard InChI is InChI=1S/C19H16ClF3N2O2/c1-11-4-2-3-5-15(11)25-17(27)18(8-9-18)16(26)24-12-6-7-14(20)13(10-12)19(21,22)23/h2-7,10H,8-9H2,1H3,(H,24,26)(H,25,27). The molecule has 0 heterocycles. The van der Waals surface area contributed by atoms with Crippen LogP contribution in [-0.4, -0.2) is 11.8 Å². The van der Waals surface area contributed by atoms with Crippen molar-refractivity contribution >= 4 is 34.8 Å². The molecule has 8 heteroatoms. The van der Waals surface area contributed by atoms with Gasteiger partial charge in [-0.2, -0.15) is 13.2 Å². The third-order valence-corrected chi connectivity index (χ3v) is 4.87. The van der Waals surface area contributed by atoms with E-state index in [0.29, 0.717) is 18.5 Å². The van der Waals surface area contributed by atoms with Crippen LogP contribution in [0.25, 0.3) is 0 Å². The highest BCUT2D eigenvalue weighted by molar-refractivity contribution is 6.31. The molecule has 0 atom stereocenters. The number of benzene rings is 2. The predicted molar refractivity (Wildman–Crippen MR) is 96.6 cm³/mol. The number of aryl methyl sites for hydroxylation is 1. The largest absolute Gasteiger partial charge is 0.417 e. The molecule has 0 saturated heterocycles. The molecule has 0 radical (unpaired) electrons. The lowest BCUT2D eigenvalue weighted by Gasteiger charge is -2.17. The van der Waals surface area contributed by atoms with Crippen molar-refractivity contribution in [2.45, 2.75) is 25.9 Å². The summed E-state index contributed by atoms with van der Waals surface area (Å²) in [6, 6.07) is 10.2. The van der Waals surface area contributed by atoms with Crippen LogP contribution < -0.4 is 10.6 Å². The quantitative estimate of drug-likeness (QED) is 0.712. The number of hydrogen-bond donors (Lipinski definition) is 2. The van der Waals surface area contributed by atoms with Crippen molar-refractivity contribution in [2.24, 2.45) is 5.41 Å². The third-order valence-electron chi connectivity index (χ3n) is 4.54. The van der Waals surface area contributed by atoms with Crippen molar-refractivity contribution in [2.75, 3.05) is 10.6 Å². The van der Waals surface area contributed by atoms with Gasteiger partial charge < -0.3 is 10.6 Å². The summed E-state index contributed by atoms with van der Waals surface area (Å²) in [6.07, 6.45) is -3.98. The zero-order valence-electron chi connectivity index (χ0n) is 14.3. The van der Waals surface area contributed by atoms with Crippen molar-refractivity contribution in [3.63, 3.8) is 0 Å². The number of rotatable bonds is 4. The van der Waals surface area contributed by atoms with Crippen LogP contribution in [0.1, 0.15) is 24.0 Å². The van der Waals surface area contributed by atoms with Gasteiger partial charge in [-0.15, -0.1) is 0 Å². The zero-order chi connectivity index (χ0) is 19.8. The maximum absolute atomic E-state index is 13.0. The number of alkyl halides is 3. The number of carbonyl (C=O) groups excluding carboxylic acids is 2. The molecule has 4 nitrogen and oxygen atoms in total. The molecule has 0 spiro atoms. The van der Waals surface area contributed by atoms with Gasteiger partial charge >= 0.3 is 6.18 Å². The summed E-state index contributed by atoms with van der Waals surface area (Å²) < 4.78 is 38.9. The van der Waals surface area contributed by atoms with Gasteiger partial charge in [0.2, 0.25) is 11.8 Å². The van der Waals surface area contributed by atoms with E-state index in [1.54, 1.807) is 12.1 Å². The molecule has 0 bridgehead atoms. The van der Waals surface area contributed by atoms with Gasteiger partial charge in [0.15, 0.2) is 0 Å². The van der Waals surface area contributed by atoms with Gasteiger partial charge in [0.25, 0.3) is 0 Å². The highest BCUT2D eigenvalue weighted by Gasteiger charge is 2.56. The Morgan fingerprint density at radius 1 is 1.04 bits per heavy atom. The number of nitrogens with one attached hydrogen (secondary N) is 2. The normalized spacial score (nSPS) is 15.1. The fourth-order valence-electron chi connectivity index (χ4n) is 2.71. The minimum Gasteiger partial charge on any atom is -0.325 e. The Hall–Kier alpha value is -2.54. The van der Waals surface area contributed by atoms with E-state index in [1.165, 1.54) is 6.07 Å². The Morgan fingerprint density at radius 2 is 1.67 bits per heavy atom. The van der Waals surface area contributed by atoms with Gasteiger partial charge in [-0.1, -0.05) is 29.8 Å². The molecule has 1 aliphatic carbocycles. The molecule has 2 aromatic rings. The average Bonchev–Trinajstić information content (AvgIpc) is 3.39. The smallest absolute Gasteiger partial charge is 0.325 e. The number of hydrogen-bond acceptors (Lipinski definition) is 2. The van der Waals surface area contributed by atoms with E-state index in [0.717, 1.165) is 17.7 Å².